The second-order valence-electron chi connectivity index (χ2n) is 8.26. The summed E-state index contributed by atoms with van der Waals surface area (Å²) in [6, 6.07) is 21.1. The van der Waals surface area contributed by atoms with E-state index in [-0.39, 0.29) is 5.92 Å². The zero-order valence-corrected chi connectivity index (χ0v) is 19.4. The Kier molecular flexibility index (Phi) is 7.87. The normalized spacial score (nSPS) is 12.2. The van der Waals surface area contributed by atoms with Gasteiger partial charge in [-0.05, 0) is 66.3 Å². The molecule has 1 N–H and O–H groups in total. The van der Waals surface area contributed by atoms with Gasteiger partial charge < -0.3 is 5.32 Å². The van der Waals surface area contributed by atoms with E-state index < -0.39 is 0 Å². The number of carbonyl (C=O) groups is 1. The lowest BCUT2D eigenvalue weighted by molar-refractivity contribution is 0.0912. The highest BCUT2D eigenvalue weighted by atomic mass is 32.1. The number of Topliss-reactive ketones (excluding diaryl/α,β-unsaturated/α-hetero) is 1. The van der Waals surface area contributed by atoms with E-state index in [1.54, 1.807) is 11.3 Å². The van der Waals surface area contributed by atoms with E-state index in [0.29, 0.717) is 11.7 Å². The molecule has 0 bridgehead atoms. The van der Waals surface area contributed by atoms with Crippen molar-refractivity contribution in [1.29, 1.82) is 0 Å². The van der Waals surface area contributed by atoms with Crippen LogP contribution in [0.2, 0.25) is 0 Å². The van der Waals surface area contributed by atoms with E-state index in [9.17, 15) is 4.79 Å². The SMILES string of the molecule is CCCCC(CC)C(=O)c1ccc(-c2cccc(Nc3cccc(C(C)C)c3)c2)s1. The molecule has 0 amide bonds. The first-order valence-electron chi connectivity index (χ1n) is 11.1. The van der Waals surface area contributed by atoms with Gasteiger partial charge in [0.2, 0.25) is 0 Å². The van der Waals surface area contributed by atoms with Crippen molar-refractivity contribution in [3.8, 4) is 10.4 Å². The second kappa shape index (κ2) is 10.6. The molecule has 0 aliphatic rings. The van der Waals surface area contributed by atoms with Crippen molar-refractivity contribution in [1.82, 2.24) is 0 Å². The molecule has 0 aliphatic carbocycles. The van der Waals surface area contributed by atoms with Crippen LogP contribution >= 0.6 is 11.3 Å². The van der Waals surface area contributed by atoms with Gasteiger partial charge in [0.15, 0.2) is 5.78 Å². The summed E-state index contributed by atoms with van der Waals surface area (Å²) in [4.78, 5) is 14.9. The highest BCUT2D eigenvalue weighted by molar-refractivity contribution is 7.17. The average molecular weight is 420 g/mol. The van der Waals surface area contributed by atoms with Crippen LogP contribution in [0.3, 0.4) is 0 Å². The van der Waals surface area contributed by atoms with Gasteiger partial charge in [0.25, 0.3) is 0 Å². The van der Waals surface area contributed by atoms with Crippen molar-refractivity contribution in [2.75, 3.05) is 5.32 Å². The lowest BCUT2D eigenvalue weighted by Crippen LogP contribution is -2.12. The van der Waals surface area contributed by atoms with Crippen molar-refractivity contribution in [3.05, 3.63) is 71.1 Å². The van der Waals surface area contributed by atoms with Crippen LogP contribution < -0.4 is 5.32 Å². The van der Waals surface area contributed by atoms with Crippen LogP contribution in [-0.4, -0.2) is 5.78 Å². The molecule has 30 heavy (non-hydrogen) atoms. The Labute approximate surface area is 185 Å². The van der Waals surface area contributed by atoms with Crippen LogP contribution in [0.4, 0.5) is 11.4 Å². The summed E-state index contributed by atoms with van der Waals surface area (Å²) in [5.74, 6) is 0.962. The Balaban J connectivity index is 1.76. The minimum Gasteiger partial charge on any atom is -0.356 e. The third-order valence-electron chi connectivity index (χ3n) is 5.61. The molecule has 1 atom stereocenters. The molecule has 1 unspecified atom stereocenters. The number of ketones is 1. The molecule has 2 nitrogen and oxygen atoms in total. The van der Waals surface area contributed by atoms with Crippen LogP contribution in [0.5, 0.6) is 0 Å². The predicted molar refractivity (Wildman–Crippen MR) is 131 cm³/mol. The molecule has 0 spiro atoms. The molecule has 3 aromatic rings. The molecule has 3 heteroatoms. The maximum atomic E-state index is 12.9. The molecule has 0 fully saturated rings. The fourth-order valence-electron chi connectivity index (χ4n) is 3.69. The first-order valence-corrected chi connectivity index (χ1v) is 11.9. The number of hydrogen-bond acceptors (Lipinski definition) is 3. The minimum atomic E-state index is 0.151. The summed E-state index contributed by atoms with van der Waals surface area (Å²) in [6.07, 6.45) is 4.17. The van der Waals surface area contributed by atoms with E-state index >= 15 is 0 Å². The largest absolute Gasteiger partial charge is 0.356 e. The number of benzene rings is 2. The van der Waals surface area contributed by atoms with E-state index in [4.69, 9.17) is 0 Å². The minimum absolute atomic E-state index is 0.151. The van der Waals surface area contributed by atoms with Crippen LogP contribution in [0.25, 0.3) is 10.4 Å². The zero-order chi connectivity index (χ0) is 21.5. The molecule has 1 heterocycles. The fraction of sp³-hybridized carbons (Fsp3) is 0.370. The predicted octanol–water partition coefficient (Wildman–Crippen LogP) is 8.68. The van der Waals surface area contributed by atoms with Crippen molar-refractivity contribution >= 4 is 28.5 Å². The summed E-state index contributed by atoms with van der Waals surface area (Å²) < 4.78 is 0. The first-order chi connectivity index (χ1) is 14.5. The Bertz CT molecular complexity index is 972. The molecule has 1 aromatic heterocycles. The molecular weight excluding hydrogens is 386 g/mol. The van der Waals surface area contributed by atoms with Gasteiger partial charge in [0, 0.05) is 22.2 Å². The van der Waals surface area contributed by atoms with E-state index in [1.807, 2.05) is 6.07 Å². The number of carbonyl (C=O) groups excluding carboxylic acids is 1. The summed E-state index contributed by atoms with van der Waals surface area (Å²) in [5.41, 5.74) is 4.63. The van der Waals surface area contributed by atoms with Gasteiger partial charge in [-0.3, -0.25) is 4.79 Å². The molecule has 0 saturated heterocycles. The lowest BCUT2D eigenvalue weighted by atomic mass is 9.94. The Hall–Kier alpha value is -2.39. The Morgan fingerprint density at radius 3 is 2.40 bits per heavy atom. The number of nitrogens with one attached hydrogen (secondary N) is 1. The molecular formula is C27H33NOS. The summed E-state index contributed by atoms with van der Waals surface area (Å²) >= 11 is 1.62. The van der Waals surface area contributed by atoms with Crippen molar-refractivity contribution < 1.29 is 4.79 Å². The highest BCUT2D eigenvalue weighted by Gasteiger charge is 2.19. The van der Waals surface area contributed by atoms with E-state index in [2.05, 4.69) is 87.6 Å². The standard InChI is InChI=1S/C27H33NOS/c1-5-7-10-20(6-2)27(29)26-16-15-25(30-26)22-12-9-14-24(18-22)28-23-13-8-11-21(17-23)19(3)4/h8-9,11-20,28H,5-7,10H2,1-4H3. The molecule has 2 aromatic carbocycles. The molecule has 0 aliphatic heterocycles. The fourth-order valence-corrected chi connectivity index (χ4v) is 4.71. The number of anilines is 2. The summed E-state index contributed by atoms with van der Waals surface area (Å²) in [6.45, 7) is 8.72. The van der Waals surface area contributed by atoms with Crippen LogP contribution in [-0.2, 0) is 0 Å². The maximum Gasteiger partial charge on any atom is 0.175 e. The van der Waals surface area contributed by atoms with Gasteiger partial charge in [-0.15, -0.1) is 11.3 Å². The number of thiophene rings is 1. The smallest absolute Gasteiger partial charge is 0.175 e. The van der Waals surface area contributed by atoms with Gasteiger partial charge in [-0.1, -0.05) is 64.8 Å². The van der Waals surface area contributed by atoms with Gasteiger partial charge >= 0.3 is 0 Å². The van der Waals surface area contributed by atoms with Crippen LogP contribution in [0, 0.1) is 5.92 Å². The third-order valence-corrected chi connectivity index (χ3v) is 6.76. The molecule has 3 rings (SSSR count). The van der Waals surface area contributed by atoms with Gasteiger partial charge in [-0.25, -0.2) is 0 Å². The summed E-state index contributed by atoms with van der Waals surface area (Å²) in [5, 5.41) is 3.53. The molecule has 158 valence electrons. The highest BCUT2D eigenvalue weighted by Crippen LogP contribution is 2.33. The van der Waals surface area contributed by atoms with Crippen molar-refractivity contribution in [3.63, 3.8) is 0 Å². The second-order valence-corrected chi connectivity index (χ2v) is 9.35. The zero-order valence-electron chi connectivity index (χ0n) is 18.6. The topological polar surface area (TPSA) is 29.1 Å². The molecule has 0 saturated carbocycles. The average Bonchev–Trinajstić information content (AvgIpc) is 3.25. The van der Waals surface area contributed by atoms with Crippen LogP contribution in [0.15, 0.2) is 60.7 Å². The number of rotatable bonds is 10. The van der Waals surface area contributed by atoms with Gasteiger partial charge in [0.1, 0.15) is 0 Å². The van der Waals surface area contributed by atoms with E-state index in [1.165, 1.54) is 5.56 Å². The number of hydrogen-bond donors (Lipinski definition) is 1. The third kappa shape index (κ3) is 5.60. The quantitative estimate of drug-likeness (QED) is 0.333. The monoisotopic (exact) mass is 419 g/mol. The number of unbranched alkanes of at least 4 members (excludes halogenated alkanes) is 1. The maximum absolute atomic E-state index is 12.9. The Morgan fingerprint density at radius 1 is 0.967 bits per heavy atom. The summed E-state index contributed by atoms with van der Waals surface area (Å²) in [7, 11) is 0. The Morgan fingerprint density at radius 2 is 1.70 bits per heavy atom. The lowest BCUT2D eigenvalue weighted by Gasteiger charge is -2.12. The van der Waals surface area contributed by atoms with Crippen molar-refractivity contribution in [2.24, 2.45) is 5.92 Å². The van der Waals surface area contributed by atoms with Crippen molar-refractivity contribution in [2.45, 2.75) is 59.3 Å². The van der Waals surface area contributed by atoms with Gasteiger partial charge in [0.05, 0.1) is 4.88 Å². The van der Waals surface area contributed by atoms with Gasteiger partial charge in [-0.2, -0.15) is 0 Å². The molecule has 0 radical (unpaired) electrons. The van der Waals surface area contributed by atoms with Crippen LogP contribution in [0.1, 0.15) is 74.5 Å². The van der Waals surface area contributed by atoms with E-state index in [0.717, 1.165) is 52.4 Å². The first kappa shape index (κ1) is 22.3.